The van der Waals surface area contributed by atoms with Gasteiger partial charge in [0.25, 0.3) is 0 Å². The molecule has 0 aliphatic rings. The Morgan fingerprint density at radius 1 is 0.952 bits per heavy atom. The molecule has 2 aromatic carbocycles. The fourth-order valence-electron chi connectivity index (χ4n) is 1.92. The van der Waals surface area contributed by atoms with Crippen LogP contribution in [0.5, 0.6) is 11.5 Å². The van der Waals surface area contributed by atoms with E-state index in [-0.39, 0.29) is 24.6 Å². The Balaban J connectivity index is 1.99. The molecule has 2 rings (SSSR count). The van der Waals surface area contributed by atoms with Gasteiger partial charge in [-0.05, 0) is 17.7 Å². The van der Waals surface area contributed by atoms with Crippen LogP contribution in [-0.4, -0.2) is 10.2 Å². The number of aromatic hydroxyl groups is 2. The first kappa shape index (κ1) is 15.2. The zero-order chi connectivity index (χ0) is 15.5. The van der Waals surface area contributed by atoms with Crippen LogP contribution in [0.2, 0.25) is 0 Å². The molecule has 0 saturated carbocycles. The average Bonchev–Trinajstić information content (AvgIpc) is 2.43. The molecule has 2 aromatic rings. The predicted octanol–water partition coefficient (Wildman–Crippen LogP) is 3.41. The molecular formula is C15H14F3NO2. The molecule has 0 aromatic heterocycles. The highest BCUT2D eigenvalue weighted by molar-refractivity contribution is 5.44. The fraction of sp³-hybridized carbons (Fsp3) is 0.200. The minimum Gasteiger partial charge on any atom is -0.504 e. The lowest BCUT2D eigenvalue weighted by atomic mass is 10.1. The maximum atomic E-state index is 12.6. The van der Waals surface area contributed by atoms with Crippen molar-refractivity contribution in [1.82, 2.24) is 5.32 Å². The van der Waals surface area contributed by atoms with Gasteiger partial charge in [0.15, 0.2) is 11.5 Å². The molecule has 3 N–H and O–H groups in total. The summed E-state index contributed by atoms with van der Waals surface area (Å²) in [5.74, 6) is -0.456. The maximum Gasteiger partial charge on any atom is 0.416 e. The molecule has 0 atom stereocenters. The Kier molecular flexibility index (Phi) is 4.37. The number of halogens is 3. The van der Waals surface area contributed by atoms with Gasteiger partial charge < -0.3 is 15.5 Å². The summed E-state index contributed by atoms with van der Waals surface area (Å²) < 4.78 is 37.7. The molecule has 3 nitrogen and oxygen atoms in total. The third-order valence-corrected chi connectivity index (χ3v) is 3.00. The lowest BCUT2D eigenvalue weighted by Gasteiger charge is -2.10. The molecule has 0 unspecified atom stereocenters. The van der Waals surface area contributed by atoms with Crippen molar-refractivity contribution >= 4 is 0 Å². The molecule has 0 bridgehead atoms. The predicted molar refractivity (Wildman–Crippen MR) is 71.8 cm³/mol. The number of hydrogen-bond acceptors (Lipinski definition) is 3. The van der Waals surface area contributed by atoms with Crippen molar-refractivity contribution in [1.29, 1.82) is 0 Å². The third kappa shape index (κ3) is 3.88. The molecule has 0 fully saturated rings. The summed E-state index contributed by atoms with van der Waals surface area (Å²) in [4.78, 5) is 0. The Labute approximate surface area is 119 Å². The molecule has 112 valence electrons. The number of alkyl halides is 3. The van der Waals surface area contributed by atoms with E-state index in [4.69, 9.17) is 0 Å². The lowest BCUT2D eigenvalue weighted by Crippen LogP contribution is -2.14. The molecule has 0 spiro atoms. The molecule has 6 heteroatoms. The largest absolute Gasteiger partial charge is 0.504 e. The van der Waals surface area contributed by atoms with Gasteiger partial charge in [-0.1, -0.05) is 30.3 Å². The van der Waals surface area contributed by atoms with E-state index in [0.717, 1.165) is 12.1 Å². The second-order valence-corrected chi connectivity index (χ2v) is 4.59. The summed E-state index contributed by atoms with van der Waals surface area (Å²) in [7, 11) is 0. The summed E-state index contributed by atoms with van der Waals surface area (Å²) >= 11 is 0. The van der Waals surface area contributed by atoms with Crippen LogP contribution in [0.3, 0.4) is 0 Å². The quantitative estimate of drug-likeness (QED) is 0.758. The van der Waals surface area contributed by atoms with Crippen molar-refractivity contribution < 1.29 is 23.4 Å². The van der Waals surface area contributed by atoms with Gasteiger partial charge in [0.05, 0.1) is 5.56 Å². The van der Waals surface area contributed by atoms with Crippen molar-refractivity contribution in [2.24, 2.45) is 0 Å². The molecule has 0 heterocycles. The molecule has 21 heavy (non-hydrogen) atoms. The Morgan fingerprint density at radius 2 is 1.67 bits per heavy atom. The van der Waals surface area contributed by atoms with E-state index in [0.29, 0.717) is 11.1 Å². The molecule has 0 aliphatic carbocycles. The number of rotatable bonds is 4. The van der Waals surface area contributed by atoms with Crippen LogP contribution < -0.4 is 5.32 Å². The van der Waals surface area contributed by atoms with E-state index in [1.807, 2.05) is 0 Å². The number of para-hydroxylation sites is 1. The first-order chi connectivity index (χ1) is 9.88. The molecule has 0 amide bonds. The van der Waals surface area contributed by atoms with E-state index in [9.17, 15) is 23.4 Å². The number of nitrogens with one attached hydrogen (secondary N) is 1. The van der Waals surface area contributed by atoms with Crippen molar-refractivity contribution in [3.8, 4) is 11.5 Å². The molecule has 0 radical (unpaired) electrons. The molecule has 0 saturated heterocycles. The molecular weight excluding hydrogens is 283 g/mol. The van der Waals surface area contributed by atoms with Gasteiger partial charge >= 0.3 is 6.18 Å². The topological polar surface area (TPSA) is 52.5 Å². The minimum atomic E-state index is -4.36. The monoisotopic (exact) mass is 297 g/mol. The smallest absolute Gasteiger partial charge is 0.416 e. The van der Waals surface area contributed by atoms with Gasteiger partial charge in [-0.3, -0.25) is 0 Å². The number of phenols is 2. The van der Waals surface area contributed by atoms with E-state index >= 15 is 0 Å². The van der Waals surface area contributed by atoms with Crippen LogP contribution in [0.25, 0.3) is 0 Å². The summed E-state index contributed by atoms with van der Waals surface area (Å²) in [6.07, 6.45) is -4.36. The molecule has 0 aliphatic heterocycles. The van der Waals surface area contributed by atoms with E-state index in [1.54, 1.807) is 18.2 Å². The van der Waals surface area contributed by atoms with Crippen LogP contribution in [0, 0.1) is 0 Å². The van der Waals surface area contributed by atoms with Gasteiger partial charge in [-0.15, -0.1) is 0 Å². The van der Waals surface area contributed by atoms with Crippen molar-refractivity contribution in [3.63, 3.8) is 0 Å². The highest BCUT2D eigenvalue weighted by Crippen LogP contribution is 2.30. The van der Waals surface area contributed by atoms with Crippen LogP contribution in [0.15, 0.2) is 42.5 Å². The fourth-order valence-corrected chi connectivity index (χ4v) is 1.92. The van der Waals surface area contributed by atoms with Gasteiger partial charge in [0, 0.05) is 18.7 Å². The van der Waals surface area contributed by atoms with Crippen LogP contribution in [-0.2, 0) is 19.3 Å². The summed E-state index contributed by atoms with van der Waals surface area (Å²) in [5.41, 5.74) is 0.272. The second-order valence-electron chi connectivity index (χ2n) is 4.59. The van der Waals surface area contributed by atoms with Crippen molar-refractivity contribution in [3.05, 3.63) is 59.2 Å². The van der Waals surface area contributed by atoms with Gasteiger partial charge in [0.2, 0.25) is 0 Å². The highest BCUT2D eigenvalue weighted by atomic mass is 19.4. The van der Waals surface area contributed by atoms with Gasteiger partial charge in [0.1, 0.15) is 0 Å². The zero-order valence-electron chi connectivity index (χ0n) is 11.0. The van der Waals surface area contributed by atoms with Crippen LogP contribution in [0.4, 0.5) is 13.2 Å². The van der Waals surface area contributed by atoms with Gasteiger partial charge in [-0.25, -0.2) is 0 Å². The standard InChI is InChI=1S/C15H14F3NO2/c16-15(17,18)12-5-1-3-10(7-12)8-19-9-11-4-2-6-13(20)14(11)21/h1-7,19-21H,8-9H2. The van der Waals surface area contributed by atoms with Crippen molar-refractivity contribution in [2.75, 3.05) is 0 Å². The number of phenolic OH excluding ortho intramolecular Hbond substituents is 2. The van der Waals surface area contributed by atoms with E-state index in [2.05, 4.69) is 5.32 Å². The Hall–Kier alpha value is -2.21. The lowest BCUT2D eigenvalue weighted by molar-refractivity contribution is -0.137. The summed E-state index contributed by atoms with van der Waals surface area (Å²) in [6, 6.07) is 9.59. The second kappa shape index (κ2) is 6.05. The average molecular weight is 297 g/mol. The Bertz CT molecular complexity index is 627. The summed E-state index contributed by atoms with van der Waals surface area (Å²) in [6.45, 7) is 0.454. The number of hydrogen-bond donors (Lipinski definition) is 3. The van der Waals surface area contributed by atoms with E-state index < -0.39 is 11.7 Å². The first-order valence-electron chi connectivity index (χ1n) is 6.24. The summed E-state index contributed by atoms with van der Waals surface area (Å²) in [5, 5.41) is 21.9. The third-order valence-electron chi connectivity index (χ3n) is 3.00. The van der Waals surface area contributed by atoms with E-state index in [1.165, 1.54) is 12.1 Å². The SMILES string of the molecule is Oc1cccc(CNCc2cccc(C(F)(F)F)c2)c1O. The minimum absolute atomic E-state index is 0.221. The Morgan fingerprint density at radius 3 is 2.38 bits per heavy atom. The van der Waals surface area contributed by atoms with Crippen molar-refractivity contribution in [2.45, 2.75) is 19.3 Å². The first-order valence-corrected chi connectivity index (χ1v) is 6.24. The normalized spacial score (nSPS) is 11.6. The van der Waals surface area contributed by atoms with Gasteiger partial charge in [-0.2, -0.15) is 13.2 Å². The maximum absolute atomic E-state index is 12.6. The highest BCUT2D eigenvalue weighted by Gasteiger charge is 2.30. The van der Waals surface area contributed by atoms with Crippen LogP contribution in [0.1, 0.15) is 16.7 Å². The zero-order valence-corrected chi connectivity index (χ0v) is 11.0. The van der Waals surface area contributed by atoms with Crippen LogP contribution >= 0.6 is 0 Å². The number of benzene rings is 2.